The normalized spacial score (nSPS) is 30.7. The highest BCUT2D eigenvalue weighted by Crippen LogP contribution is 2.41. The van der Waals surface area contributed by atoms with E-state index in [1.165, 1.54) is 0 Å². The van der Waals surface area contributed by atoms with E-state index >= 15 is 0 Å². The smallest absolute Gasteiger partial charge is 0.243 e. The van der Waals surface area contributed by atoms with Crippen LogP contribution in [0, 0.1) is 5.92 Å². The predicted molar refractivity (Wildman–Crippen MR) is 124 cm³/mol. The molecule has 3 N–H and O–H groups in total. The molecular formula is C24H33FN6O2. The van der Waals surface area contributed by atoms with E-state index in [9.17, 15) is 9.18 Å². The van der Waals surface area contributed by atoms with Gasteiger partial charge >= 0.3 is 0 Å². The molecule has 3 aliphatic rings. The number of nitrogens with zero attached hydrogens (tertiary/aromatic N) is 3. The lowest BCUT2D eigenvalue weighted by Crippen LogP contribution is -2.44. The average Bonchev–Trinajstić information content (AvgIpc) is 3.43. The molecule has 1 saturated carbocycles. The monoisotopic (exact) mass is 456 g/mol. The van der Waals surface area contributed by atoms with Crippen LogP contribution in [0.1, 0.15) is 37.2 Å². The fourth-order valence-corrected chi connectivity index (χ4v) is 5.41. The number of nitrogens with one attached hydrogen (secondary N) is 3. The molecule has 9 heteroatoms. The van der Waals surface area contributed by atoms with Gasteiger partial charge in [-0.3, -0.25) is 14.9 Å². The van der Waals surface area contributed by atoms with Crippen molar-refractivity contribution in [1.29, 1.82) is 0 Å². The maximum absolute atomic E-state index is 14.9. The summed E-state index contributed by atoms with van der Waals surface area (Å²) in [6.07, 6.45) is 6.18. The van der Waals surface area contributed by atoms with E-state index in [0.29, 0.717) is 12.1 Å². The fraction of sp³-hybridized carbons (Fsp3) is 0.583. The lowest BCUT2D eigenvalue weighted by atomic mass is 9.73. The summed E-state index contributed by atoms with van der Waals surface area (Å²) >= 11 is 0. The minimum Gasteiger partial charge on any atom is -0.490 e. The van der Waals surface area contributed by atoms with Crippen LogP contribution in [0.15, 0.2) is 36.7 Å². The number of likely N-dealkylation sites (tertiary alicyclic amines) is 1. The number of halogens is 1. The summed E-state index contributed by atoms with van der Waals surface area (Å²) in [5, 5.41) is 7.22. The van der Waals surface area contributed by atoms with E-state index in [1.807, 2.05) is 37.5 Å². The summed E-state index contributed by atoms with van der Waals surface area (Å²) in [7, 11) is 3.99. The Morgan fingerprint density at radius 3 is 2.61 bits per heavy atom. The minimum absolute atomic E-state index is 0.0583. The molecule has 0 radical (unpaired) electrons. The number of alkyl halides is 1. The van der Waals surface area contributed by atoms with Gasteiger partial charge in [0.05, 0.1) is 12.2 Å². The van der Waals surface area contributed by atoms with Gasteiger partial charge in [0, 0.05) is 37.9 Å². The van der Waals surface area contributed by atoms with Crippen molar-refractivity contribution in [3.05, 3.63) is 42.2 Å². The van der Waals surface area contributed by atoms with Crippen molar-refractivity contribution in [3.63, 3.8) is 0 Å². The molecule has 2 saturated heterocycles. The first kappa shape index (κ1) is 22.3. The maximum Gasteiger partial charge on any atom is 0.243 e. The van der Waals surface area contributed by atoms with Crippen LogP contribution in [-0.4, -0.2) is 65.1 Å². The Morgan fingerprint density at radius 2 is 1.91 bits per heavy atom. The number of rotatable bonds is 5. The predicted octanol–water partition coefficient (Wildman–Crippen LogP) is 2.21. The zero-order valence-corrected chi connectivity index (χ0v) is 19.2. The van der Waals surface area contributed by atoms with Crippen molar-refractivity contribution >= 4 is 11.6 Å². The summed E-state index contributed by atoms with van der Waals surface area (Å²) < 4.78 is 22.8. The zero-order chi connectivity index (χ0) is 22.9. The average molecular weight is 457 g/mol. The van der Waals surface area contributed by atoms with E-state index in [-0.39, 0.29) is 29.9 Å². The second kappa shape index (κ2) is 9.40. The number of amides is 1. The van der Waals surface area contributed by atoms with Crippen LogP contribution in [0.2, 0.25) is 0 Å². The molecule has 3 heterocycles. The van der Waals surface area contributed by atoms with E-state index < -0.39 is 12.2 Å². The van der Waals surface area contributed by atoms with Gasteiger partial charge in [-0.1, -0.05) is 0 Å². The van der Waals surface area contributed by atoms with Crippen LogP contribution >= 0.6 is 0 Å². The number of carbonyl (C=O) groups excluding carboxylic acids is 1. The molecule has 33 heavy (non-hydrogen) atoms. The first-order valence-electron chi connectivity index (χ1n) is 11.9. The third-order valence-electron chi connectivity index (χ3n) is 7.32. The van der Waals surface area contributed by atoms with Crippen LogP contribution in [-0.2, 0) is 11.8 Å². The van der Waals surface area contributed by atoms with Crippen LogP contribution in [0.5, 0.6) is 5.75 Å². The summed E-state index contributed by atoms with van der Waals surface area (Å²) in [5.41, 5.74) is 7.81. The molecule has 3 fully saturated rings. The van der Waals surface area contributed by atoms with Crippen molar-refractivity contribution in [1.82, 2.24) is 25.5 Å². The number of hydrogen-bond donors (Lipinski definition) is 3. The summed E-state index contributed by atoms with van der Waals surface area (Å²) in [5.74, 6) is 0.585. The van der Waals surface area contributed by atoms with E-state index in [0.717, 1.165) is 43.7 Å². The van der Waals surface area contributed by atoms with Gasteiger partial charge in [-0.25, -0.2) is 9.82 Å². The minimum atomic E-state index is -1.02. The first-order valence-corrected chi connectivity index (χ1v) is 11.9. The molecule has 178 valence electrons. The molecule has 0 spiro atoms. The fourth-order valence-electron chi connectivity index (χ4n) is 5.41. The number of piperidine rings is 1. The lowest BCUT2D eigenvalue weighted by Gasteiger charge is -2.34. The van der Waals surface area contributed by atoms with Crippen molar-refractivity contribution < 1.29 is 13.9 Å². The highest BCUT2D eigenvalue weighted by molar-refractivity contribution is 5.95. The molecular weight excluding hydrogens is 423 g/mol. The Hall–Kier alpha value is -2.49. The molecule has 5 atom stereocenters. The van der Waals surface area contributed by atoms with Crippen molar-refractivity contribution in [2.24, 2.45) is 13.0 Å². The van der Waals surface area contributed by atoms with Crippen LogP contribution in [0.25, 0.3) is 0 Å². The Bertz CT molecular complexity index is 958. The van der Waals surface area contributed by atoms with Crippen LogP contribution in [0.3, 0.4) is 0 Å². The molecule has 2 aromatic rings. The number of aryl methyl sites for hydroxylation is 1. The highest BCUT2D eigenvalue weighted by Gasteiger charge is 2.48. The van der Waals surface area contributed by atoms with Gasteiger partial charge in [-0.05, 0) is 68.5 Å². The first-order chi connectivity index (χ1) is 16.0. The molecule has 1 aromatic heterocycles. The molecule has 1 amide bonds. The Kier molecular flexibility index (Phi) is 6.36. The number of aromatic nitrogens is 2. The van der Waals surface area contributed by atoms with Crippen LogP contribution < -0.4 is 20.9 Å². The summed E-state index contributed by atoms with van der Waals surface area (Å²) in [6, 6.07) is 6.65. The number of anilines is 1. The van der Waals surface area contributed by atoms with Gasteiger partial charge in [0.15, 0.2) is 0 Å². The molecule has 8 nitrogen and oxygen atoms in total. The van der Waals surface area contributed by atoms with Gasteiger partial charge in [-0.2, -0.15) is 5.10 Å². The van der Waals surface area contributed by atoms with E-state index in [1.54, 1.807) is 10.9 Å². The second-order valence-electron chi connectivity index (χ2n) is 9.72. The molecule has 5 rings (SSSR count). The molecule has 1 aliphatic carbocycles. The van der Waals surface area contributed by atoms with Crippen molar-refractivity contribution in [2.75, 3.05) is 25.5 Å². The molecule has 2 aliphatic heterocycles. The van der Waals surface area contributed by atoms with E-state index in [2.05, 4.69) is 33.2 Å². The SMILES string of the molecule is CN1CCC(Oc2ccc(NC(=O)C3NNC4C(F)CC(c5cnn(C)c5)CC34)cc2)CC1. The Balaban J connectivity index is 1.19. The van der Waals surface area contributed by atoms with Crippen molar-refractivity contribution in [3.8, 4) is 5.75 Å². The number of ether oxygens (including phenoxy) is 1. The van der Waals surface area contributed by atoms with E-state index in [4.69, 9.17) is 4.74 Å². The van der Waals surface area contributed by atoms with Gasteiger partial charge in [0.2, 0.25) is 5.91 Å². The van der Waals surface area contributed by atoms with Crippen LogP contribution in [0.4, 0.5) is 10.1 Å². The summed E-state index contributed by atoms with van der Waals surface area (Å²) in [6.45, 7) is 2.09. The zero-order valence-electron chi connectivity index (χ0n) is 19.2. The second-order valence-corrected chi connectivity index (χ2v) is 9.72. The molecule has 0 bridgehead atoms. The quantitative estimate of drug-likeness (QED) is 0.640. The summed E-state index contributed by atoms with van der Waals surface area (Å²) in [4.78, 5) is 15.4. The van der Waals surface area contributed by atoms with Crippen molar-refractivity contribution in [2.45, 2.75) is 56.0 Å². The number of fused-ring (bicyclic) bond motifs is 1. The topological polar surface area (TPSA) is 83.4 Å². The standard InChI is InChI=1S/C24H33FN6O2/c1-30-9-7-19(8-10-30)33-18-5-3-17(4-6-18)27-24(32)23-20-11-15(16-13-26-31(2)14-16)12-21(25)22(20)28-29-23/h3-6,13-15,19-23,28-29H,7-12H2,1-2H3,(H,27,32). The van der Waals surface area contributed by atoms with Gasteiger partial charge in [0.25, 0.3) is 0 Å². The number of hydrazine groups is 1. The third-order valence-corrected chi connectivity index (χ3v) is 7.32. The Morgan fingerprint density at radius 1 is 1.15 bits per heavy atom. The number of carbonyl (C=O) groups is 1. The lowest BCUT2D eigenvalue weighted by molar-refractivity contribution is -0.119. The van der Waals surface area contributed by atoms with Gasteiger partial charge in [0.1, 0.15) is 24.1 Å². The Labute approximate surface area is 193 Å². The van der Waals surface area contributed by atoms with Gasteiger partial charge in [-0.15, -0.1) is 0 Å². The third kappa shape index (κ3) is 4.90. The maximum atomic E-state index is 14.9. The molecule has 5 unspecified atom stereocenters. The molecule has 1 aromatic carbocycles. The largest absolute Gasteiger partial charge is 0.490 e. The number of hydrogen-bond acceptors (Lipinski definition) is 6. The van der Waals surface area contributed by atoms with Gasteiger partial charge < -0.3 is 15.0 Å². The highest BCUT2D eigenvalue weighted by atomic mass is 19.1. The number of benzene rings is 1.